The zero-order valence-electron chi connectivity index (χ0n) is 12.5. The fourth-order valence-corrected chi connectivity index (χ4v) is 3.41. The highest BCUT2D eigenvalue weighted by Crippen LogP contribution is 2.34. The van der Waals surface area contributed by atoms with E-state index < -0.39 is 0 Å². The summed E-state index contributed by atoms with van der Waals surface area (Å²) in [6, 6.07) is 14.6. The van der Waals surface area contributed by atoms with Crippen LogP contribution in [-0.2, 0) is 0 Å². The zero-order chi connectivity index (χ0) is 16.6. The van der Waals surface area contributed by atoms with E-state index in [-0.39, 0.29) is 6.04 Å². The maximum absolute atomic E-state index is 5.88. The topological polar surface area (TPSA) is 41.6 Å². The monoisotopic (exact) mass is 451 g/mol. The van der Waals surface area contributed by atoms with E-state index in [2.05, 4.69) is 74.2 Å². The number of halogens is 2. The molecule has 1 heterocycles. The first-order valence-corrected chi connectivity index (χ1v) is 9.13. The van der Waals surface area contributed by atoms with E-state index in [1.165, 1.54) is 11.1 Å². The van der Waals surface area contributed by atoms with E-state index in [0.717, 1.165) is 26.6 Å². The van der Waals surface area contributed by atoms with Crippen molar-refractivity contribution < 1.29 is 0 Å². The lowest BCUT2D eigenvalue weighted by Gasteiger charge is -2.22. The molecule has 0 aromatic heterocycles. The van der Waals surface area contributed by atoms with Crippen molar-refractivity contribution >= 4 is 54.9 Å². The van der Waals surface area contributed by atoms with E-state index in [9.17, 15) is 0 Å². The molecule has 1 aliphatic rings. The molecule has 1 aliphatic heterocycles. The van der Waals surface area contributed by atoms with Crippen LogP contribution in [0.15, 0.2) is 56.5 Å². The highest BCUT2D eigenvalue weighted by molar-refractivity contribution is 9.13. The molecule has 0 amide bonds. The van der Waals surface area contributed by atoms with Gasteiger partial charge in [-0.1, -0.05) is 35.9 Å². The minimum absolute atomic E-state index is 0.0468. The van der Waals surface area contributed by atoms with Crippen molar-refractivity contribution in [3.63, 3.8) is 0 Å². The second-order valence-corrected chi connectivity index (χ2v) is 7.62. The molecule has 0 bridgehead atoms. The van der Waals surface area contributed by atoms with E-state index in [4.69, 9.17) is 18.0 Å². The molecule has 3 nitrogen and oxygen atoms in total. The van der Waals surface area contributed by atoms with Gasteiger partial charge in [-0.15, -0.1) is 0 Å². The van der Waals surface area contributed by atoms with Gasteiger partial charge < -0.3 is 5.73 Å². The Bertz CT molecular complexity index is 787. The summed E-state index contributed by atoms with van der Waals surface area (Å²) in [4.78, 5) is 0. The molecular formula is C17H15Br2N3S. The molecule has 0 aliphatic carbocycles. The first-order valence-electron chi connectivity index (χ1n) is 7.14. The number of hydrazone groups is 1. The Balaban J connectivity index is 1.95. The van der Waals surface area contributed by atoms with Crippen LogP contribution in [0, 0.1) is 6.92 Å². The van der Waals surface area contributed by atoms with Gasteiger partial charge in [-0.05, 0) is 74.3 Å². The van der Waals surface area contributed by atoms with Gasteiger partial charge in [0.15, 0.2) is 5.11 Å². The van der Waals surface area contributed by atoms with Crippen LogP contribution in [0.3, 0.4) is 0 Å². The van der Waals surface area contributed by atoms with E-state index >= 15 is 0 Å². The third kappa shape index (κ3) is 3.49. The smallest absolute Gasteiger partial charge is 0.187 e. The van der Waals surface area contributed by atoms with Crippen LogP contribution < -0.4 is 5.73 Å². The van der Waals surface area contributed by atoms with Gasteiger partial charge in [-0.3, -0.25) is 0 Å². The van der Waals surface area contributed by atoms with Gasteiger partial charge in [0.05, 0.1) is 11.8 Å². The molecule has 23 heavy (non-hydrogen) atoms. The summed E-state index contributed by atoms with van der Waals surface area (Å²) in [7, 11) is 0. The predicted octanol–water partition coefficient (Wildman–Crippen LogP) is 4.91. The van der Waals surface area contributed by atoms with Gasteiger partial charge in [0.1, 0.15) is 0 Å². The normalized spacial score (nSPS) is 17.3. The van der Waals surface area contributed by atoms with Gasteiger partial charge in [-0.2, -0.15) is 5.10 Å². The van der Waals surface area contributed by atoms with Gasteiger partial charge in [0, 0.05) is 15.4 Å². The zero-order valence-corrected chi connectivity index (χ0v) is 16.5. The predicted molar refractivity (Wildman–Crippen MR) is 106 cm³/mol. The number of aryl methyl sites for hydroxylation is 1. The summed E-state index contributed by atoms with van der Waals surface area (Å²) < 4.78 is 2.01. The molecule has 0 radical (unpaired) electrons. The number of hydrogen-bond donors (Lipinski definition) is 1. The Morgan fingerprint density at radius 2 is 1.87 bits per heavy atom. The lowest BCUT2D eigenvalue weighted by molar-refractivity contribution is 0.372. The fraction of sp³-hybridized carbons (Fsp3) is 0.176. The summed E-state index contributed by atoms with van der Waals surface area (Å²) in [5, 5.41) is 6.69. The summed E-state index contributed by atoms with van der Waals surface area (Å²) in [6.45, 7) is 2.07. The molecule has 0 saturated carbocycles. The molecule has 2 N–H and O–H groups in total. The largest absolute Gasteiger partial charge is 0.375 e. The van der Waals surface area contributed by atoms with Gasteiger partial charge >= 0.3 is 0 Å². The average molecular weight is 453 g/mol. The average Bonchev–Trinajstić information content (AvgIpc) is 2.96. The quantitative estimate of drug-likeness (QED) is 0.657. The van der Waals surface area contributed by atoms with Crippen molar-refractivity contribution in [1.82, 2.24) is 5.01 Å². The molecule has 2 aromatic rings. The van der Waals surface area contributed by atoms with Crippen LogP contribution in [0.4, 0.5) is 0 Å². The summed E-state index contributed by atoms with van der Waals surface area (Å²) in [5.74, 6) is 0. The fourth-order valence-electron chi connectivity index (χ4n) is 2.61. The van der Waals surface area contributed by atoms with Gasteiger partial charge in [0.2, 0.25) is 0 Å². The molecular weight excluding hydrogens is 438 g/mol. The van der Waals surface area contributed by atoms with Crippen LogP contribution in [0.1, 0.15) is 29.2 Å². The molecule has 3 rings (SSSR count). The van der Waals surface area contributed by atoms with Crippen molar-refractivity contribution in [3.8, 4) is 0 Å². The van der Waals surface area contributed by atoms with Crippen LogP contribution >= 0.6 is 44.1 Å². The Kier molecular flexibility index (Phi) is 4.85. The number of nitrogens with zero attached hydrogens (tertiary/aromatic N) is 2. The molecule has 0 spiro atoms. The highest BCUT2D eigenvalue weighted by atomic mass is 79.9. The van der Waals surface area contributed by atoms with Crippen molar-refractivity contribution in [2.24, 2.45) is 10.8 Å². The standard InChI is InChI=1S/C17H15Br2N3S/c1-10-2-4-11(5-3-10)16-9-15(21-22(16)17(20)23)12-6-7-13(18)14(19)8-12/h2-8,16H,9H2,1H3,(H2,20,23). The second-order valence-electron chi connectivity index (χ2n) is 5.49. The third-order valence-corrected chi connectivity index (χ3v) is 5.92. The number of nitrogens with two attached hydrogens (primary N) is 1. The van der Waals surface area contributed by atoms with Gasteiger partial charge in [0.25, 0.3) is 0 Å². The number of rotatable bonds is 2. The molecule has 2 aromatic carbocycles. The first kappa shape index (κ1) is 16.6. The minimum Gasteiger partial charge on any atom is -0.375 e. The molecule has 0 fully saturated rings. The Morgan fingerprint density at radius 3 is 2.48 bits per heavy atom. The van der Waals surface area contributed by atoms with E-state index in [1.807, 2.05) is 12.1 Å². The van der Waals surface area contributed by atoms with Crippen LogP contribution in [0.5, 0.6) is 0 Å². The van der Waals surface area contributed by atoms with Crippen molar-refractivity contribution in [3.05, 3.63) is 68.1 Å². The van der Waals surface area contributed by atoms with E-state index in [0.29, 0.717) is 5.11 Å². The summed E-state index contributed by atoms with van der Waals surface area (Å²) in [5.41, 5.74) is 10.3. The number of thiocarbonyl (C=S) groups is 1. The minimum atomic E-state index is 0.0468. The van der Waals surface area contributed by atoms with Crippen LogP contribution in [0.25, 0.3) is 0 Å². The molecule has 0 saturated heterocycles. The Hall–Kier alpha value is -1.24. The third-order valence-electron chi connectivity index (χ3n) is 3.85. The number of benzene rings is 2. The maximum Gasteiger partial charge on any atom is 0.187 e. The Labute approximate surface area is 157 Å². The molecule has 1 atom stereocenters. The summed E-state index contributed by atoms with van der Waals surface area (Å²) >= 11 is 12.2. The van der Waals surface area contributed by atoms with Gasteiger partial charge in [-0.25, -0.2) is 5.01 Å². The van der Waals surface area contributed by atoms with Crippen LogP contribution in [0.2, 0.25) is 0 Å². The van der Waals surface area contributed by atoms with E-state index in [1.54, 1.807) is 5.01 Å². The molecule has 6 heteroatoms. The van der Waals surface area contributed by atoms with Crippen LogP contribution in [-0.4, -0.2) is 15.8 Å². The SMILES string of the molecule is Cc1ccc(C2CC(c3ccc(Br)c(Br)c3)=NN2C(N)=S)cc1. The first-order chi connectivity index (χ1) is 11.0. The lowest BCUT2D eigenvalue weighted by atomic mass is 9.98. The Morgan fingerprint density at radius 1 is 1.17 bits per heavy atom. The van der Waals surface area contributed by atoms with Crippen molar-refractivity contribution in [1.29, 1.82) is 0 Å². The van der Waals surface area contributed by atoms with Crippen molar-refractivity contribution in [2.75, 3.05) is 0 Å². The molecule has 1 unspecified atom stereocenters. The summed E-state index contributed by atoms with van der Waals surface area (Å²) in [6.07, 6.45) is 0.772. The highest BCUT2D eigenvalue weighted by Gasteiger charge is 2.30. The second kappa shape index (κ2) is 6.71. The molecule has 118 valence electrons. The van der Waals surface area contributed by atoms with Crippen molar-refractivity contribution in [2.45, 2.75) is 19.4 Å². The number of hydrogen-bond acceptors (Lipinski definition) is 2. The lowest BCUT2D eigenvalue weighted by Crippen LogP contribution is -2.31. The maximum atomic E-state index is 5.88.